The minimum atomic E-state index is -0.954. The van der Waals surface area contributed by atoms with Gasteiger partial charge in [-0.1, -0.05) is 43.7 Å². The number of fused-ring (bicyclic) bond motifs is 5. The van der Waals surface area contributed by atoms with Crippen LogP contribution in [0.25, 0.3) is 0 Å². The standard InChI is InChI=1S/C26H30N2O4/c1-4-5-13-27-15-22(29)28-24-19-12-11-18(31-3)14-21(19)32-16-20(24)23(26(28,2)25(27)30)17-9-7-6-8-10-17/h6-12,14,20,23-24H,4-5,13,15-16H2,1-3H3/t20-,23+,24+,26-/m1/s1. The molecule has 0 aliphatic carbocycles. The second-order valence-corrected chi connectivity index (χ2v) is 9.20. The van der Waals surface area contributed by atoms with Crippen LogP contribution < -0.4 is 9.47 Å². The van der Waals surface area contributed by atoms with Crippen LogP contribution in [-0.2, 0) is 9.59 Å². The normalized spacial score (nSPS) is 28.7. The van der Waals surface area contributed by atoms with E-state index in [1.54, 1.807) is 12.0 Å². The molecule has 3 heterocycles. The van der Waals surface area contributed by atoms with Crippen molar-refractivity contribution in [3.63, 3.8) is 0 Å². The predicted octanol–water partition coefficient (Wildman–Crippen LogP) is 3.77. The number of carbonyl (C=O) groups is 2. The Labute approximate surface area is 189 Å². The average molecular weight is 435 g/mol. The van der Waals surface area contributed by atoms with Gasteiger partial charge in [0.25, 0.3) is 0 Å². The molecule has 2 amide bonds. The minimum absolute atomic E-state index is 0.0117. The fourth-order valence-corrected chi connectivity index (χ4v) is 6.03. The van der Waals surface area contributed by atoms with Gasteiger partial charge in [-0.15, -0.1) is 0 Å². The molecule has 0 spiro atoms. The summed E-state index contributed by atoms with van der Waals surface area (Å²) in [5.41, 5.74) is 1.08. The van der Waals surface area contributed by atoms with Crippen molar-refractivity contribution in [3.8, 4) is 11.5 Å². The lowest BCUT2D eigenvalue weighted by molar-refractivity contribution is -0.163. The van der Waals surface area contributed by atoms with Crippen LogP contribution in [0.5, 0.6) is 11.5 Å². The Balaban J connectivity index is 1.66. The first-order chi connectivity index (χ1) is 15.5. The highest BCUT2D eigenvalue weighted by Gasteiger charge is 2.66. The SMILES string of the molecule is CCCCN1CC(=O)N2[C@H]3c4ccc(OC)cc4OC[C@@H]3[C@H](c3ccccc3)[C@]2(C)C1=O. The van der Waals surface area contributed by atoms with Crippen LogP contribution in [0.4, 0.5) is 0 Å². The number of carbonyl (C=O) groups excluding carboxylic acids is 2. The zero-order chi connectivity index (χ0) is 22.5. The van der Waals surface area contributed by atoms with Crippen LogP contribution in [0.15, 0.2) is 48.5 Å². The summed E-state index contributed by atoms with van der Waals surface area (Å²) >= 11 is 0. The van der Waals surface area contributed by atoms with E-state index in [2.05, 4.69) is 19.1 Å². The first kappa shape index (κ1) is 20.9. The summed E-state index contributed by atoms with van der Waals surface area (Å²) in [6.45, 7) is 5.28. The molecule has 32 heavy (non-hydrogen) atoms. The number of nitrogens with zero attached hydrogens (tertiary/aromatic N) is 2. The van der Waals surface area contributed by atoms with Crippen molar-refractivity contribution in [1.29, 1.82) is 0 Å². The van der Waals surface area contributed by atoms with E-state index in [0.29, 0.717) is 18.9 Å². The van der Waals surface area contributed by atoms with Gasteiger partial charge in [0.1, 0.15) is 17.0 Å². The van der Waals surface area contributed by atoms with Crippen LogP contribution in [0.3, 0.4) is 0 Å². The molecule has 4 atom stereocenters. The summed E-state index contributed by atoms with van der Waals surface area (Å²) in [6.07, 6.45) is 1.87. The van der Waals surface area contributed by atoms with Crippen LogP contribution in [0.1, 0.15) is 49.8 Å². The molecule has 2 aromatic rings. The fraction of sp³-hybridized carbons (Fsp3) is 0.462. The Morgan fingerprint density at radius 1 is 1.16 bits per heavy atom. The van der Waals surface area contributed by atoms with Crippen molar-refractivity contribution in [2.24, 2.45) is 5.92 Å². The second kappa shape index (κ2) is 7.84. The van der Waals surface area contributed by atoms with Gasteiger partial charge in [0, 0.05) is 30.0 Å². The van der Waals surface area contributed by atoms with Crippen molar-refractivity contribution in [2.45, 2.75) is 44.2 Å². The molecule has 0 bridgehead atoms. The molecule has 0 unspecified atom stereocenters. The number of benzene rings is 2. The minimum Gasteiger partial charge on any atom is -0.497 e. The number of hydrogen-bond acceptors (Lipinski definition) is 4. The Hall–Kier alpha value is -3.02. The first-order valence-electron chi connectivity index (χ1n) is 11.5. The lowest BCUT2D eigenvalue weighted by Gasteiger charge is -2.47. The molecule has 6 nitrogen and oxygen atoms in total. The third kappa shape index (κ3) is 2.92. The van der Waals surface area contributed by atoms with Gasteiger partial charge in [-0.3, -0.25) is 9.59 Å². The third-order valence-electron chi connectivity index (χ3n) is 7.44. The number of unbranched alkanes of at least 4 members (excludes halogenated alkanes) is 1. The summed E-state index contributed by atoms with van der Waals surface area (Å²) in [6, 6.07) is 15.7. The quantitative estimate of drug-likeness (QED) is 0.719. The van der Waals surface area contributed by atoms with Gasteiger partial charge in [0.15, 0.2) is 0 Å². The van der Waals surface area contributed by atoms with Gasteiger partial charge < -0.3 is 19.3 Å². The van der Waals surface area contributed by atoms with E-state index < -0.39 is 5.54 Å². The lowest BCUT2D eigenvalue weighted by Crippen LogP contribution is -2.66. The van der Waals surface area contributed by atoms with Crippen LogP contribution in [0, 0.1) is 5.92 Å². The zero-order valence-corrected chi connectivity index (χ0v) is 18.9. The molecule has 0 saturated carbocycles. The largest absolute Gasteiger partial charge is 0.497 e. The maximum Gasteiger partial charge on any atom is 0.249 e. The molecule has 6 heteroatoms. The van der Waals surface area contributed by atoms with Gasteiger partial charge in [-0.25, -0.2) is 0 Å². The van der Waals surface area contributed by atoms with E-state index >= 15 is 0 Å². The van der Waals surface area contributed by atoms with Gasteiger partial charge in [0.2, 0.25) is 11.8 Å². The molecular formula is C26H30N2O4. The smallest absolute Gasteiger partial charge is 0.249 e. The molecule has 168 valence electrons. The van der Waals surface area contributed by atoms with Crippen LogP contribution in [0.2, 0.25) is 0 Å². The van der Waals surface area contributed by atoms with Gasteiger partial charge in [-0.2, -0.15) is 0 Å². The predicted molar refractivity (Wildman–Crippen MR) is 121 cm³/mol. The highest BCUT2D eigenvalue weighted by atomic mass is 16.5. The molecule has 3 aliphatic rings. The monoisotopic (exact) mass is 434 g/mol. The van der Waals surface area contributed by atoms with Crippen molar-refractivity contribution < 1.29 is 19.1 Å². The molecule has 5 rings (SSSR count). The number of hydrogen-bond donors (Lipinski definition) is 0. The van der Waals surface area contributed by atoms with Crippen molar-refractivity contribution in [1.82, 2.24) is 9.80 Å². The molecule has 0 aromatic heterocycles. The summed E-state index contributed by atoms with van der Waals surface area (Å²) < 4.78 is 11.6. The zero-order valence-electron chi connectivity index (χ0n) is 18.9. The van der Waals surface area contributed by atoms with E-state index in [9.17, 15) is 9.59 Å². The Kier molecular flexibility index (Phi) is 5.11. The molecule has 0 radical (unpaired) electrons. The fourth-order valence-electron chi connectivity index (χ4n) is 6.03. The van der Waals surface area contributed by atoms with Crippen molar-refractivity contribution in [2.75, 3.05) is 26.8 Å². The van der Waals surface area contributed by atoms with E-state index in [-0.39, 0.29) is 36.2 Å². The molecule has 2 aromatic carbocycles. The number of ether oxygens (including phenoxy) is 2. The number of rotatable bonds is 5. The van der Waals surface area contributed by atoms with E-state index in [1.807, 2.05) is 48.2 Å². The van der Waals surface area contributed by atoms with E-state index in [1.165, 1.54) is 0 Å². The Morgan fingerprint density at radius 2 is 1.94 bits per heavy atom. The van der Waals surface area contributed by atoms with Crippen LogP contribution in [-0.4, -0.2) is 54.0 Å². The molecule has 2 saturated heterocycles. The third-order valence-corrected chi connectivity index (χ3v) is 7.44. The Morgan fingerprint density at radius 3 is 2.66 bits per heavy atom. The summed E-state index contributed by atoms with van der Waals surface area (Å²) in [5.74, 6) is 1.35. The molecule has 3 aliphatic heterocycles. The van der Waals surface area contributed by atoms with Crippen molar-refractivity contribution in [3.05, 3.63) is 59.7 Å². The molecular weight excluding hydrogens is 404 g/mol. The summed E-state index contributed by atoms with van der Waals surface area (Å²) in [5, 5.41) is 0. The average Bonchev–Trinajstić information content (AvgIpc) is 3.10. The second-order valence-electron chi connectivity index (χ2n) is 9.20. The van der Waals surface area contributed by atoms with Gasteiger partial charge >= 0.3 is 0 Å². The van der Waals surface area contributed by atoms with Gasteiger partial charge in [0.05, 0.1) is 26.3 Å². The van der Waals surface area contributed by atoms with Gasteiger partial charge in [-0.05, 0) is 31.0 Å². The van der Waals surface area contributed by atoms with E-state index in [0.717, 1.165) is 29.7 Å². The Bertz CT molecular complexity index is 1040. The van der Waals surface area contributed by atoms with Crippen molar-refractivity contribution >= 4 is 11.8 Å². The summed E-state index contributed by atoms with van der Waals surface area (Å²) in [7, 11) is 1.63. The summed E-state index contributed by atoms with van der Waals surface area (Å²) in [4.78, 5) is 31.3. The highest BCUT2D eigenvalue weighted by Crippen LogP contribution is 2.60. The number of piperazine rings is 1. The maximum atomic E-state index is 14.0. The number of methoxy groups -OCH3 is 1. The lowest BCUT2D eigenvalue weighted by atomic mass is 9.73. The topological polar surface area (TPSA) is 59.1 Å². The van der Waals surface area contributed by atoms with Crippen LogP contribution >= 0.6 is 0 Å². The highest BCUT2D eigenvalue weighted by molar-refractivity contribution is 6.00. The molecule has 0 N–H and O–H groups in total. The first-order valence-corrected chi connectivity index (χ1v) is 11.5. The van der Waals surface area contributed by atoms with E-state index in [4.69, 9.17) is 9.47 Å². The maximum absolute atomic E-state index is 14.0. The number of amides is 2. The molecule has 2 fully saturated rings.